The molecule has 0 spiro atoms. The fourth-order valence-electron chi connectivity index (χ4n) is 6.56. The van der Waals surface area contributed by atoms with E-state index >= 15 is 0 Å². The Balaban J connectivity index is 1.10. The number of pyridine rings is 2. The molecule has 0 N–H and O–H groups in total. The lowest BCUT2D eigenvalue weighted by Gasteiger charge is -2.19. The number of nitrogens with zero attached hydrogens (tertiary/aromatic N) is 4. The second-order valence-corrected chi connectivity index (χ2v) is 14.8. The van der Waals surface area contributed by atoms with Gasteiger partial charge in [0.2, 0.25) is 16.6 Å². The second kappa shape index (κ2) is 13.3. The van der Waals surface area contributed by atoms with Crippen molar-refractivity contribution in [2.75, 3.05) is 11.4 Å². The molecule has 232 valence electrons. The highest BCUT2D eigenvalue weighted by Crippen LogP contribution is 2.48. The third kappa shape index (κ3) is 6.23. The minimum atomic E-state index is 0.761. The molecule has 4 nitrogen and oxygen atoms in total. The maximum absolute atomic E-state index is 6.55. The van der Waals surface area contributed by atoms with Gasteiger partial charge in [-0.2, -0.15) is 13.7 Å². The van der Waals surface area contributed by atoms with E-state index < -0.39 is 0 Å². The van der Waals surface area contributed by atoms with Crippen LogP contribution in [-0.2, 0) is 19.6 Å². The van der Waals surface area contributed by atoms with Crippen LogP contribution in [0.1, 0.15) is 17.8 Å². The van der Waals surface area contributed by atoms with Crippen LogP contribution in [0, 0.1) is 0 Å². The Kier molecular flexibility index (Phi) is 8.59. The Morgan fingerprint density at radius 3 is 2.02 bits per heavy atom. The van der Waals surface area contributed by atoms with Crippen molar-refractivity contribution in [3.8, 4) is 0 Å². The molecule has 0 aliphatic carbocycles. The quantitative estimate of drug-likeness (QED) is 0.140. The van der Waals surface area contributed by atoms with Crippen molar-refractivity contribution < 1.29 is 13.7 Å². The number of rotatable bonds is 9. The average Bonchev–Trinajstić information content (AvgIpc) is 3.61. The first-order chi connectivity index (χ1) is 23.1. The first kappa shape index (κ1) is 30.4. The van der Waals surface area contributed by atoms with Crippen LogP contribution in [0.2, 0.25) is 10.0 Å². The predicted octanol–water partition coefficient (Wildman–Crippen LogP) is 9.47. The molecule has 0 bridgehead atoms. The zero-order valence-electron chi connectivity index (χ0n) is 25.7. The lowest BCUT2D eigenvalue weighted by molar-refractivity contribution is -0.701. The first-order valence-corrected chi connectivity index (χ1v) is 18.3. The van der Waals surface area contributed by atoms with Crippen LogP contribution < -0.4 is 18.6 Å². The van der Waals surface area contributed by atoms with Gasteiger partial charge in [-0.25, -0.2) is 0 Å². The molecule has 4 heterocycles. The SMILES string of the molecule is Clc1ccc2c(c1)N(CCC[n+]1cccc3ccccc31)C(=Cc1sc3ccc(Cl)cc3[n+]1CCC[n+]1cccc3ccccc31)S2. The Morgan fingerprint density at radius 2 is 1.28 bits per heavy atom. The normalized spacial score (nSPS) is 13.7. The maximum atomic E-state index is 6.55. The number of anilines is 1. The van der Waals surface area contributed by atoms with Crippen molar-refractivity contribution in [1.82, 2.24) is 0 Å². The van der Waals surface area contributed by atoms with E-state index in [1.807, 2.05) is 35.2 Å². The molecule has 0 saturated carbocycles. The summed E-state index contributed by atoms with van der Waals surface area (Å²) in [5.74, 6) is 0. The topological polar surface area (TPSA) is 14.9 Å². The fraction of sp³-hybridized carbons (Fsp3) is 0.154. The molecule has 8 heteroatoms. The van der Waals surface area contributed by atoms with E-state index in [-0.39, 0.29) is 0 Å². The highest BCUT2D eigenvalue weighted by Gasteiger charge is 2.29. The minimum absolute atomic E-state index is 0.761. The predicted molar refractivity (Wildman–Crippen MR) is 197 cm³/mol. The highest BCUT2D eigenvalue weighted by molar-refractivity contribution is 8.03. The van der Waals surface area contributed by atoms with Crippen molar-refractivity contribution in [1.29, 1.82) is 0 Å². The smallest absolute Gasteiger partial charge is 0.265 e. The number of hydrogen-bond acceptors (Lipinski definition) is 3. The van der Waals surface area contributed by atoms with Gasteiger partial charge < -0.3 is 4.90 Å². The molecule has 7 aromatic rings. The van der Waals surface area contributed by atoms with Gasteiger partial charge in [0, 0.05) is 69.0 Å². The Hall–Kier alpha value is -3.94. The number of thiazole rings is 1. The number of benzene rings is 4. The summed E-state index contributed by atoms with van der Waals surface area (Å²) in [5.41, 5.74) is 4.88. The molecule has 47 heavy (non-hydrogen) atoms. The van der Waals surface area contributed by atoms with Gasteiger partial charge in [0.25, 0.3) is 5.01 Å². The van der Waals surface area contributed by atoms with Crippen LogP contribution in [0.3, 0.4) is 0 Å². The third-order valence-electron chi connectivity index (χ3n) is 8.77. The molecule has 0 amide bonds. The van der Waals surface area contributed by atoms with Crippen LogP contribution in [0.5, 0.6) is 0 Å². The lowest BCUT2D eigenvalue weighted by atomic mass is 10.2. The summed E-state index contributed by atoms with van der Waals surface area (Å²) < 4.78 is 8.41. The second-order valence-electron chi connectivity index (χ2n) is 11.8. The van der Waals surface area contributed by atoms with Crippen LogP contribution >= 0.6 is 46.3 Å². The van der Waals surface area contributed by atoms with Gasteiger partial charge in [0.15, 0.2) is 32.0 Å². The van der Waals surface area contributed by atoms with E-state index in [9.17, 15) is 0 Å². The van der Waals surface area contributed by atoms with E-state index in [4.69, 9.17) is 23.2 Å². The lowest BCUT2D eigenvalue weighted by Crippen LogP contribution is -2.40. The van der Waals surface area contributed by atoms with Crippen molar-refractivity contribution in [2.45, 2.75) is 37.4 Å². The van der Waals surface area contributed by atoms with Crippen molar-refractivity contribution >= 4 is 90.1 Å². The molecule has 3 aromatic heterocycles. The largest absolute Gasteiger partial charge is 0.334 e. The summed E-state index contributed by atoms with van der Waals surface area (Å²) in [5, 5.41) is 6.49. The Labute approximate surface area is 292 Å². The Morgan fingerprint density at radius 1 is 0.638 bits per heavy atom. The number of thioether (sulfide) groups is 1. The summed E-state index contributed by atoms with van der Waals surface area (Å²) >= 11 is 16.8. The molecule has 0 radical (unpaired) electrons. The highest BCUT2D eigenvalue weighted by atomic mass is 35.5. The number of aromatic nitrogens is 3. The molecule has 0 atom stereocenters. The van der Waals surface area contributed by atoms with Gasteiger partial charge in [0.05, 0.1) is 23.2 Å². The van der Waals surface area contributed by atoms with E-state index in [1.54, 1.807) is 0 Å². The number of aryl methyl sites for hydroxylation is 3. The van der Waals surface area contributed by atoms with Gasteiger partial charge >= 0.3 is 0 Å². The van der Waals surface area contributed by atoms with Gasteiger partial charge in [-0.3, -0.25) is 0 Å². The van der Waals surface area contributed by atoms with Gasteiger partial charge in [-0.15, -0.1) is 0 Å². The van der Waals surface area contributed by atoms with Gasteiger partial charge in [-0.1, -0.05) is 70.6 Å². The minimum Gasteiger partial charge on any atom is -0.334 e. The zero-order chi connectivity index (χ0) is 31.7. The molecular formula is C39H33Cl2N4S2+3. The van der Waals surface area contributed by atoms with Crippen LogP contribution in [0.4, 0.5) is 5.69 Å². The van der Waals surface area contributed by atoms with Crippen LogP contribution in [0.15, 0.2) is 132 Å². The van der Waals surface area contributed by atoms with Crippen LogP contribution in [-0.4, -0.2) is 6.54 Å². The molecule has 0 unspecified atom stereocenters. The molecule has 4 aromatic carbocycles. The number of para-hydroxylation sites is 2. The zero-order valence-corrected chi connectivity index (χ0v) is 28.9. The number of fused-ring (bicyclic) bond motifs is 4. The van der Waals surface area contributed by atoms with E-state index in [1.165, 1.54) is 52.6 Å². The summed E-state index contributed by atoms with van der Waals surface area (Å²) in [6.07, 6.45) is 8.72. The summed E-state index contributed by atoms with van der Waals surface area (Å²) in [6, 6.07) is 38.3. The molecule has 1 aliphatic heterocycles. The number of hydrogen-bond donors (Lipinski definition) is 0. The summed E-state index contributed by atoms with van der Waals surface area (Å²) in [6.45, 7) is 3.63. The number of halogens is 2. The summed E-state index contributed by atoms with van der Waals surface area (Å²) in [7, 11) is 0. The molecule has 8 rings (SSSR count). The van der Waals surface area contributed by atoms with Crippen molar-refractivity contribution in [2.24, 2.45) is 0 Å². The Bertz CT molecular complexity index is 2290. The van der Waals surface area contributed by atoms with E-state index in [0.717, 1.165) is 49.1 Å². The first-order valence-electron chi connectivity index (χ1n) is 15.9. The van der Waals surface area contributed by atoms with E-state index in [0.29, 0.717) is 0 Å². The average molecular weight is 693 g/mol. The molecular weight excluding hydrogens is 659 g/mol. The van der Waals surface area contributed by atoms with Crippen molar-refractivity contribution in [3.05, 3.63) is 142 Å². The third-order valence-corrected chi connectivity index (χ3v) is 11.5. The van der Waals surface area contributed by atoms with E-state index in [2.05, 4.69) is 134 Å². The maximum Gasteiger partial charge on any atom is 0.265 e. The fourth-order valence-corrected chi connectivity index (χ4v) is 9.18. The van der Waals surface area contributed by atoms with Crippen LogP contribution in [0.25, 0.3) is 38.1 Å². The molecule has 0 fully saturated rings. The van der Waals surface area contributed by atoms with Gasteiger partial charge in [-0.05, 0) is 54.6 Å². The van der Waals surface area contributed by atoms with Crippen molar-refractivity contribution in [3.63, 3.8) is 0 Å². The summed E-state index contributed by atoms with van der Waals surface area (Å²) in [4.78, 5) is 3.69. The monoisotopic (exact) mass is 691 g/mol. The molecule has 1 aliphatic rings. The standard InChI is InChI=1S/C39H33Cl2N4S2/c40-30-15-17-36-34(25-30)44(23-7-21-42-19-5-11-28-9-1-3-13-32(28)42)38(46-36)27-39-45(35-26-31(41)16-18-37(35)47-39)24-8-22-43-20-6-12-29-10-2-4-14-33(29)43/h1-6,9-20,25-27H,7-8,21-24H2/q+3. The molecule has 0 saturated heterocycles. The van der Waals surface area contributed by atoms with Gasteiger partial charge in [0.1, 0.15) is 4.70 Å².